The SMILES string of the molecule is CCB(CC)Oc1ccc(C=O)cc1. The van der Waals surface area contributed by atoms with Crippen molar-refractivity contribution in [2.24, 2.45) is 0 Å². The highest BCUT2D eigenvalue weighted by molar-refractivity contribution is 6.52. The maximum Gasteiger partial charge on any atom is 0.357 e. The Morgan fingerprint density at radius 3 is 2.21 bits per heavy atom. The van der Waals surface area contributed by atoms with Crippen LogP contribution in [0.2, 0.25) is 12.6 Å². The second kappa shape index (κ2) is 5.48. The number of carbonyl (C=O) groups is 1. The van der Waals surface area contributed by atoms with Gasteiger partial charge >= 0.3 is 6.92 Å². The molecule has 1 aromatic carbocycles. The molecule has 0 aromatic heterocycles. The number of carbonyl (C=O) groups excluding carboxylic acids is 1. The predicted octanol–water partition coefficient (Wildman–Crippen LogP) is 2.91. The first-order valence-corrected chi connectivity index (χ1v) is 5.02. The second-order valence-corrected chi connectivity index (χ2v) is 3.24. The molecule has 0 atom stereocenters. The molecule has 0 heterocycles. The third-order valence-corrected chi connectivity index (χ3v) is 2.23. The maximum absolute atomic E-state index is 10.4. The van der Waals surface area contributed by atoms with E-state index in [9.17, 15) is 4.79 Å². The third-order valence-electron chi connectivity index (χ3n) is 2.23. The van der Waals surface area contributed by atoms with Crippen molar-refractivity contribution >= 4 is 13.2 Å². The topological polar surface area (TPSA) is 26.3 Å². The van der Waals surface area contributed by atoms with Gasteiger partial charge in [0.1, 0.15) is 6.29 Å². The van der Waals surface area contributed by atoms with Gasteiger partial charge in [-0.3, -0.25) is 4.79 Å². The minimum absolute atomic E-state index is 0.275. The summed E-state index contributed by atoms with van der Waals surface area (Å²) in [6, 6.07) is 7.21. The van der Waals surface area contributed by atoms with Gasteiger partial charge in [0, 0.05) is 5.56 Å². The monoisotopic (exact) mass is 190 g/mol. The Morgan fingerprint density at radius 2 is 1.79 bits per heavy atom. The largest absolute Gasteiger partial charge is 0.561 e. The van der Waals surface area contributed by atoms with Crippen LogP contribution in [-0.2, 0) is 0 Å². The van der Waals surface area contributed by atoms with Crippen LogP contribution in [0, 0.1) is 0 Å². The summed E-state index contributed by atoms with van der Waals surface area (Å²) in [4.78, 5) is 10.4. The molecule has 3 heteroatoms. The number of benzene rings is 1. The Labute approximate surface area is 85.4 Å². The van der Waals surface area contributed by atoms with Crippen LogP contribution in [0.15, 0.2) is 24.3 Å². The molecule has 74 valence electrons. The van der Waals surface area contributed by atoms with E-state index >= 15 is 0 Å². The molecule has 1 aromatic rings. The van der Waals surface area contributed by atoms with Gasteiger partial charge in [0.05, 0.1) is 5.75 Å². The number of hydrogen-bond acceptors (Lipinski definition) is 2. The first-order valence-electron chi connectivity index (χ1n) is 5.02. The summed E-state index contributed by atoms with van der Waals surface area (Å²) < 4.78 is 5.70. The lowest BCUT2D eigenvalue weighted by Gasteiger charge is -2.12. The standard InChI is InChI=1S/C11H15BO2/c1-3-12(4-2)14-11-7-5-10(9-13)6-8-11/h5-9H,3-4H2,1-2H3. The highest BCUT2D eigenvalue weighted by Crippen LogP contribution is 2.14. The van der Waals surface area contributed by atoms with E-state index in [0.717, 1.165) is 24.7 Å². The van der Waals surface area contributed by atoms with Crippen molar-refractivity contribution in [2.75, 3.05) is 0 Å². The fourth-order valence-corrected chi connectivity index (χ4v) is 1.27. The van der Waals surface area contributed by atoms with Crippen LogP contribution in [0.5, 0.6) is 5.75 Å². The quantitative estimate of drug-likeness (QED) is 0.527. The van der Waals surface area contributed by atoms with Crippen LogP contribution in [0.25, 0.3) is 0 Å². The fourth-order valence-electron chi connectivity index (χ4n) is 1.27. The normalized spacial score (nSPS) is 9.57. The van der Waals surface area contributed by atoms with Gasteiger partial charge in [-0.2, -0.15) is 0 Å². The lowest BCUT2D eigenvalue weighted by Crippen LogP contribution is -2.18. The number of aldehydes is 1. The average molecular weight is 190 g/mol. The highest BCUT2D eigenvalue weighted by Gasteiger charge is 2.11. The molecule has 0 spiro atoms. The van der Waals surface area contributed by atoms with E-state index in [0.29, 0.717) is 5.56 Å². The van der Waals surface area contributed by atoms with Gasteiger partial charge in [0.25, 0.3) is 0 Å². The minimum atomic E-state index is 0.275. The molecule has 0 unspecified atom stereocenters. The summed E-state index contributed by atoms with van der Waals surface area (Å²) in [5.41, 5.74) is 0.682. The molecular formula is C11H15BO2. The molecule has 14 heavy (non-hydrogen) atoms. The Kier molecular flexibility index (Phi) is 4.24. The van der Waals surface area contributed by atoms with Crippen molar-refractivity contribution < 1.29 is 9.45 Å². The zero-order valence-electron chi connectivity index (χ0n) is 8.69. The van der Waals surface area contributed by atoms with Gasteiger partial charge in [-0.05, 0) is 36.9 Å². The van der Waals surface area contributed by atoms with Crippen LogP contribution in [0.4, 0.5) is 0 Å². The van der Waals surface area contributed by atoms with Crippen molar-refractivity contribution in [3.8, 4) is 5.75 Å². The Balaban J connectivity index is 2.63. The van der Waals surface area contributed by atoms with E-state index in [1.165, 1.54) is 0 Å². The van der Waals surface area contributed by atoms with Crippen LogP contribution < -0.4 is 4.65 Å². The summed E-state index contributed by atoms with van der Waals surface area (Å²) in [5.74, 6) is 0.837. The maximum atomic E-state index is 10.4. The van der Waals surface area contributed by atoms with Crippen molar-refractivity contribution in [3.63, 3.8) is 0 Å². The van der Waals surface area contributed by atoms with Crippen LogP contribution >= 0.6 is 0 Å². The molecule has 0 saturated carbocycles. The number of rotatable bonds is 5. The van der Waals surface area contributed by atoms with Crippen molar-refractivity contribution in [1.82, 2.24) is 0 Å². The van der Waals surface area contributed by atoms with Crippen LogP contribution in [0.3, 0.4) is 0 Å². The van der Waals surface area contributed by atoms with E-state index in [1.807, 2.05) is 12.1 Å². The molecule has 0 radical (unpaired) electrons. The highest BCUT2D eigenvalue weighted by atomic mass is 16.4. The lowest BCUT2D eigenvalue weighted by atomic mass is 9.62. The zero-order chi connectivity index (χ0) is 10.4. The molecule has 2 nitrogen and oxygen atoms in total. The summed E-state index contributed by atoms with van der Waals surface area (Å²) in [6.45, 7) is 4.49. The minimum Gasteiger partial charge on any atom is -0.561 e. The van der Waals surface area contributed by atoms with E-state index in [4.69, 9.17) is 4.65 Å². The first-order chi connectivity index (χ1) is 6.80. The van der Waals surface area contributed by atoms with Gasteiger partial charge < -0.3 is 4.65 Å². The average Bonchev–Trinajstić information content (AvgIpc) is 2.26. The van der Waals surface area contributed by atoms with Gasteiger partial charge in [-0.15, -0.1) is 0 Å². The predicted molar refractivity (Wildman–Crippen MR) is 59.2 cm³/mol. The Bertz CT molecular complexity index is 278. The molecule has 0 aliphatic heterocycles. The Hall–Kier alpha value is -1.25. The Morgan fingerprint density at radius 1 is 1.21 bits per heavy atom. The smallest absolute Gasteiger partial charge is 0.357 e. The molecular weight excluding hydrogens is 175 g/mol. The van der Waals surface area contributed by atoms with E-state index in [2.05, 4.69) is 13.8 Å². The van der Waals surface area contributed by atoms with Gasteiger partial charge in [-0.1, -0.05) is 13.8 Å². The van der Waals surface area contributed by atoms with Crippen molar-refractivity contribution in [1.29, 1.82) is 0 Å². The van der Waals surface area contributed by atoms with Crippen molar-refractivity contribution in [3.05, 3.63) is 29.8 Å². The van der Waals surface area contributed by atoms with E-state index in [1.54, 1.807) is 12.1 Å². The summed E-state index contributed by atoms with van der Waals surface area (Å²) >= 11 is 0. The van der Waals surface area contributed by atoms with Gasteiger partial charge in [-0.25, -0.2) is 0 Å². The molecule has 0 N–H and O–H groups in total. The van der Waals surface area contributed by atoms with Crippen molar-refractivity contribution in [2.45, 2.75) is 26.5 Å². The molecule has 0 bridgehead atoms. The molecule has 0 fully saturated rings. The summed E-state index contributed by atoms with van der Waals surface area (Å²) in [5, 5.41) is 0. The molecule has 0 amide bonds. The molecule has 0 aliphatic carbocycles. The molecule has 0 saturated heterocycles. The van der Waals surface area contributed by atoms with Gasteiger partial charge in [0.2, 0.25) is 0 Å². The summed E-state index contributed by atoms with van der Waals surface area (Å²) in [6.07, 6.45) is 2.85. The fraction of sp³-hybridized carbons (Fsp3) is 0.364. The van der Waals surface area contributed by atoms with Crippen LogP contribution in [0.1, 0.15) is 24.2 Å². The summed E-state index contributed by atoms with van der Waals surface area (Å²) in [7, 11) is 0. The lowest BCUT2D eigenvalue weighted by molar-refractivity contribution is 0.112. The third kappa shape index (κ3) is 2.91. The van der Waals surface area contributed by atoms with E-state index < -0.39 is 0 Å². The molecule has 1 rings (SSSR count). The van der Waals surface area contributed by atoms with E-state index in [-0.39, 0.29) is 6.92 Å². The molecule has 0 aliphatic rings. The first kappa shape index (κ1) is 10.8. The van der Waals surface area contributed by atoms with Crippen LogP contribution in [-0.4, -0.2) is 13.2 Å². The zero-order valence-corrected chi connectivity index (χ0v) is 8.69. The number of hydrogen-bond donors (Lipinski definition) is 0. The van der Waals surface area contributed by atoms with Gasteiger partial charge in [0.15, 0.2) is 0 Å². The second-order valence-electron chi connectivity index (χ2n) is 3.24.